The van der Waals surface area contributed by atoms with Crippen molar-refractivity contribution in [1.29, 1.82) is 0 Å². The van der Waals surface area contributed by atoms with Crippen LogP contribution in [0.5, 0.6) is 0 Å². The smallest absolute Gasteiger partial charge is 0.342 e. The first kappa shape index (κ1) is 15.3. The summed E-state index contributed by atoms with van der Waals surface area (Å²) in [5, 5.41) is 5.73. The average Bonchev–Trinajstić information content (AvgIpc) is 2.88. The van der Waals surface area contributed by atoms with Crippen molar-refractivity contribution in [2.24, 2.45) is 0 Å². The Hall–Kier alpha value is -2.13. The van der Waals surface area contributed by atoms with E-state index in [2.05, 4.69) is 19.9 Å². The summed E-state index contributed by atoms with van der Waals surface area (Å²) in [5.74, 6) is -0.766. The lowest BCUT2D eigenvalue weighted by atomic mass is 10.4. The van der Waals surface area contributed by atoms with E-state index in [1.807, 2.05) is 0 Å². The van der Waals surface area contributed by atoms with Gasteiger partial charge >= 0.3 is 5.97 Å². The molecule has 0 aliphatic carbocycles. The number of carbonyl (C=O) groups is 1. The Morgan fingerprint density at radius 1 is 1.52 bits per heavy atom. The first-order chi connectivity index (χ1) is 9.94. The summed E-state index contributed by atoms with van der Waals surface area (Å²) in [6.45, 7) is 1.73. The molecule has 0 unspecified atom stereocenters. The van der Waals surface area contributed by atoms with Gasteiger partial charge in [-0.3, -0.25) is 9.82 Å². The van der Waals surface area contributed by atoms with E-state index in [-0.39, 0.29) is 18.0 Å². The van der Waals surface area contributed by atoms with Gasteiger partial charge in [0.05, 0.1) is 12.8 Å². The molecule has 2 heterocycles. The lowest BCUT2D eigenvalue weighted by Gasteiger charge is -2.07. The van der Waals surface area contributed by atoms with Crippen LogP contribution < -0.4 is 4.72 Å². The van der Waals surface area contributed by atoms with Crippen LogP contribution in [0.3, 0.4) is 0 Å². The van der Waals surface area contributed by atoms with E-state index >= 15 is 0 Å². The van der Waals surface area contributed by atoms with Gasteiger partial charge in [0.2, 0.25) is 0 Å². The molecule has 0 atom stereocenters. The van der Waals surface area contributed by atoms with Crippen LogP contribution in [-0.2, 0) is 14.8 Å². The molecule has 0 saturated heterocycles. The third-order valence-corrected chi connectivity index (χ3v) is 3.89. The second-order valence-electron chi connectivity index (χ2n) is 3.80. The molecule has 2 aromatic rings. The zero-order valence-electron chi connectivity index (χ0n) is 10.8. The van der Waals surface area contributed by atoms with Crippen LogP contribution in [0.25, 0.3) is 0 Å². The predicted molar refractivity (Wildman–Crippen MR) is 74.6 cm³/mol. The Bertz CT molecular complexity index is 759. The van der Waals surface area contributed by atoms with Gasteiger partial charge in [0.25, 0.3) is 10.0 Å². The summed E-state index contributed by atoms with van der Waals surface area (Å²) in [6.07, 6.45) is 2.43. The number of halogens is 1. The number of esters is 1. The maximum absolute atomic E-state index is 12.2. The highest BCUT2D eigenvalue weighted by atomic mass is 35.5. The summed E-state index contributed by atoms with van der Waals surface area (Å²) in [7, 11) is -4.07. The zero-order chi connectivity index (χ0) is 15.5. The van der Waals surface area contributed by atoms with Crippen molar-refractivity contribution in [2.45, 2.75) is 11.9 Å². The van der Waals surface area contributed by atoms with E-state index in [0.29, 0.717) is 5.02 Å². The van der Waals surface area contributed by atoms with Crippen LogP contribution in [0, 0.1) is 0 Å². The fourth-order valence-electron chi connectivity index (χ4n) is 1.48. The van der Waals surface area contributed by atoms with Gasteiger partial charge in [0.15, 0.2) is 5.03 Å². The highest BCUT2D eigenvalue weighted by Crippen LogP contribution is 2.18. The summed E-state index contributed by atoms with van der Waals surface area (Å²) in [4.78, 5) is 15.5. The lowest BCUT2D eigenvalue weighted by Crippen LogP contribution is -2.18. The molecule has 8 nitrogen and oxygen atoms in total. The summed E-state index contributed by atoms with van der Waals surface area (Å²) in [6, 6.07) is 2.83. The van der Waals surface area contributed by atoms with E-state index < -0.39 is 21.0 Å². The summed E-state index contributed by atoms with van der Waals surface area (Å²) in [5.41, 5.74) is -0.189. The Kier molecular flexibility index (Phi) is 4.43. The van der Waals surface area contributed by atoms with Gasteiger partial charge in [-0.1, -0.05) is 11.6 Å². The Morgan fingerprint density at radius 3 is 2.95 bits per heavy atom. The Morgan fingerprint density at radius 2 is 2.29 bits per heavy atom. The van der Waals surface area contributed by atoms with E-state index in [4.69, 9.17) is 16.3 Å². The predicted octanol–water partition coefficient (Wildman–Crippen LogP) is 1.44. The normalized spacial score (nSPS) is 11.1. The molecule has 0 amide bonds. The van der Waals surface area contributed by atoms with Crippen LogP contribution in [0.2, 0.25) is 5.02 Å². The van der Waals surface area contributed by atoms with Gasteiger partial charge in [0.1, 0.15) is 11.4 Å². The molecular formula is C11H11ClN4O4S. The fourth-order valence-corrected chi connectivity index (χ4v) is 2.73. The van der Waals surface area contributed by atoms with Crippen LogP contribution in [0.15, 0.2) is 29.6 Å². The molecule has 0 fully saturated rings. The van der Waals surface area contributed by atoms with Crippen LogP contribution in [0.4, 0.5) is 5.82 Å². The fraction of sp³-hybridized carbons (Fsp3) is 0.182. The number of aromatic amines is 1. The Balaban J connectivity index is 2.32. The third-order valence-electron chi connectivity index (χ3n) is 2.33. The molecule has 2 rings (SSSR count). The van der Waals surface area contributed by atoms with Crippen molar-refractivity contribution in [2.75, 3.05) is 11.3 Å². The number of H-pyrrole nitrogens is 1. The molecule has 0 saturated carbocycles. The number of carbonyl (C=O) groups excluding carboxylic acids is 1. The number of anilines is 1. The number of pyridine rings is 1. The largest absolute Gasteiger partial charge is 0.462 e. The van der Waals surface area contributed by atoms with Gasteiger partial charge in [-0.2, -0.15) is 13.5 Å². The topological polar surface area (TPSA) is 114 Å². The molecule has 2 aromatic heterocycles. The number of aromatic nitrogens is 3. The summed E-state index contributed by atoms with van der Waals surface area (Å²) >= 11 is 5.75. The highest BCUT2D eigenvalue weighted by Gasteiger charge is 2.26. The first-order valence-corrected chi connectivity index (χ1v) is 7.65. The minimum absolute atomic E-state index is 0.0203. The number of hydrogen-bond donors (Lipinski definition) is 2. The number of nitrogens with one attached hydrogen (secondary N) is 2. The van der Waals surface area contributed by atoms with E-state index in [0.717, 1.165) is 6.20 Å². The van der Waals surface area contributed by atoms with Gasteiger partial charge in [-0.25, -0.2) is 9.78 Å². The van der Waals surface area contributed by atoms with Gasteiger partial charge in [-0.15, -0.1) is 0 Å². The van der Waals surface area contributed by atoms with Crippen molar-refractivity contribution in [3.8, 4) is 0 Å². The van der Waals surface area contributed by atoms with Gasteiger partial charge < -0.3 is 4.74 Å². The number of hydrogen-bond acceptors (Lipinski definition) is 6. The number of ether oxygens (including phenoxy) is 1. The SMILES string of the molecule is CCOC(=O)c1cn[nH]c1S(=O)(=O)Nc1cc(Cl)ccn1. The average molecular weight is 331 g/mol. The standard InChI is InChI=1S/C11H11ClN4O4S/c1-2-20-11(17)8-6-14-15-10(8)21(18,19)16-9-5-7(12)3-4-13-9/h3-6H,2H2,1H3,(H,13,16)(H,14,15). The van der Waals surface area contributed by atoms with Crippen molar-refractivity contribution in [3.63, 3.8) is 0 Å². The molecule has 0 spiro atoms. The van der Waals surface area contributed by atoms with Gasteiger partial charge in [0, 0.05) is 17.3 Å². The monoisotopic (exact) mass is 330 g/mol. The molecule has 0 radical (unpaired) electrons. The second-order valence-corrected chi connectivity index (χ2v) is 5.85. The Labute approximate surface area is 125 Å². The zero-order valence-corrected chi connectivity index (χ0v) is 12.4. The maximum atomic E-state index is 12.2. The molecule has 0 aliphatic rings. The number of sulfonamides is 1. The van der Waals surface area contributed by atoms with Crippen LogP contribution in [0.1, 0.15) is 17.3 Å². The number of rotatable bonds is 5. The maximum Gasteiger partial charge on any atom is 0.342 e. The summed E-state index contributed by atoms with van der Waals surface area (Å²) < 4.78 is 31.4. The van der Waals surface area contributed by atoms with Crippen molar-refractivity contribution in [3.05, 3.63) is 35.1 Å². The van der Waals surface area contributed by atoms with E-state index in [9.17, 15) is 13.2 Å². The number of nitrogens with zero attached hydrogens (tertiary/aromatic N) is 2. The lowest BCUT2D eigenvalue weighted by molar-refractivity contribution is 0.0522. The quantitative estimate of drug-likeness (QED) is 0.802. The first-order valence-electron chi connectivity index (χ1n) is 5.79. The molecular weight excluding hydrogens is 320 g/mol. The van der Waals surface area contributed by atoms with Crippen LogP contribution in [-0.4, -0.2) is 36.2 Å². The molecule has 0 aromatic carbocycles. The highest BCUT2D eigenvalue weighted by molar-refractivity contribution is 7.92. The van der Waals surface area contributed by atoms with Crippen LogP contribution >= 0.6 is 11.6 Å². The molecule has 0 bridgehead atoms. The van der Waals surface area contributed by atoms with Gasteiger partial charge in [-0.05, 0) is 13.0 Å². The van der Waals surface area contributed by atoms with Crippen molar-refractivity contribution >= 4 is 33.4 Å². The van der Waals surface area contributed by atoms with Crippen molar-refractivity contribution < 1.29 is 17.9 Å². The van der Waals surface area contributed by atoms with Crippen molar-refractivity contribution in [1.82, 2.24) is 15.2 Å². The minimum atomic E-state index is -4.07. The van der Waals surface area contributed by atoms with E-state index in [1.165, 1.54) is 18.3 Å². The molecule has 0 aliphatic heterocycles. The third kappa shape index (κ3) is 3.50. The molecule has 10 heteroatoms. The minimum Gasteiger partial charge on any atom is -0.462 e. The molecule has 21 heavy (non-hydrogen) atoms. The molecule has 112 valence electrons. The second kappa shape index (κ2) is 6.10. The molecule has 2 N–H and O–H groups in total. The van der Waals surface area contributed by atoms with E-state index in [1.54, 1.807) is 6.92 Å².